The summed E-state index contributed by atoms with van der Waals surface area (Å²) in [4.78, 5) is 45.3. The van der Waals surface area contributed by atoms with Crippen LogP contribution in [0.1, 0.15) is 90.9 Å². The summed E-state index contributed by atoms with van der Waals surface area (Å²) >= 11 is 6.85. The summed E-state index contributed by atoms with van der Waals surface area (Å²) in [6.07, 6.45) is 17.9. The molecule has 0 amide bonds. The van der Waals surface area contributed by atoms with E-state index in [0.29, 0.717) is 0 Å². The van der Waals surface area contributed by atoms with Crippen LogP contribution in [-0.2, 0) is 23.6 Å². The van der Waals surface area contributed by atoms with Crippen LogP contribution in [0.25, 0.3) is 0 Å². The molecule has 0 saturated carbocycles. The van der Waals surface area contributed by atoms with Gasteiger partial charge in [0, 0.05) is 0 Å². The zero-order valence-corrected chi connectivity index (χ0v) is 24.9. The minimum absolute atomic E-state index is 0.361. The van der Waals surface area contributed by atoms with Gasteiger partial charge in [-0.2, -0.15) is 0 Å². The second-order valence-corrected chi connectivity index (χ2v) is 18.3. The van der Waals surface area contributed by atoms with E-state index in [-0.39, 0.29) is 44.2 Å². The summed E-state index contributed by atoms with van der Waals surface area (Å²) in [5, 5.41) is 0. The van der Waals surface area contributed by atoms with E-state index in [4.69, 9.17) is 29.4 Å². The van der Waals surface area contributed by atoms with Crippen molar-refractivity contribution in [3.63, 3.8) is 0 Å². The van der Waals surface area contributed by atoms with Crippen molar-refractivity contribution in [2.45, 2.75) is 92.7 Å². The van der Waals surface area contributed by atoms with Crippen LogP contribution in [0.3, 0.4) is 0 Å². The average molecular weight is 592 g/mol. The number of unbranched alkanes of at least 4 members (excludes halogenated alkanes) is 10. The summed E-state index contributed by atoms with van der Waals surface area (Å²) in [5.41, 5.74) is 0. The van der Waals surface area contributed by atoms with Gasteiger partial charge in [-0.05, 0) is 23.6 Å². The standard InChI is InChI=1S/2C8H17.Ba.2H3O3PS/c2*1-3-5-7-8-6-4-2;;2*1-4(2,3)5/h2*1,3-8H2,2H3;;2*(H3,1,2,3,5). The van der Waals surface area contributed by atoms with Gasteiger partial charge in [0.05, 0.1) is 0 Å². The van der Waals surface area contributed by atoms with Crippen LogP contribution in [0.4, 0.5) is 0 Å². The van der Waals surface area contributed by atoms with Crippen LogP contribution < -0.4 is 0 Å². The van der Waals surface area contributed by atoms with Crippen molar-refractivity contribution in [3.05, 3.63) is 0 Å². The molecule has 0 aliphatic heterocycles. The molecule has 11 heteroatoms. The van der Waals surface area contributed by atoms with Gasteiger partial charge in [0.1, 0.15) is 0 Å². The van der Waals surface area contributed by atoms with Crippen molar-refractivity contribution < 1.29 is 29.4 Å². The Morgan fingerprint density at radius 1 is 0.519 bits per heavy atom. The molecule has 27 heavy (non-hydrogen) atoms. The first-order chi connectivity index (χ1) is 12.4. The molecule has 0 bridgehead atoms. The van der Waals surface area contributed by atoms with Crippen molar-refractivity contribution in [1.82, 2.24) is 0 Å². The van der Waals surface area contributed by atoms with Gasteiger partial charge in [-0.15, -0.1) is 0 Å². The fourth-order valence-corrected chi connectivity index (χ4v) is 8.00. The van der Waals surface area contributed by atoms with E-state index in [9.17, 15) is 0 Å². The van der Waals surface area contributed by atoms with E-state index in [2.05, 4.69) is 37.5 Å². The minimum Gasteiger partial charge on any atom is -0.325 e. The maximum absolute atomic E-state index is 7.56. The monoisotopic (exact) mass is 592 g/mol. The fraction of sp³-hybridized carbons (Fsp3) is 1.00. The molecule has 0 unspecified atom stereocenters. The molecule has 0 rings (SSSR count). The molecular weight excluding hydrogens is 552 g/mol. The predicted octanol–water partition coefficient (Wildman–Crippen LogP) is 4.62. The molecule has 6 N–H and O–H groups in total. The molecule has 164 valence electrons. The number of hydrogen-bond acceptors (Lipinski definition) is 2. The molecule has 0 saturated heterocycles. The zero-order chi connectivity index (χ0) is 21.6. The third-order valence-electron chi connectivity index (χ3n) is 3.71. The maximum atomic E-state index is 7.56. The van der Waals surface area contributed by atoms with Crippen molar-refractivity contribution in [3.8, 4) is 0 Å². The smallest absolute Gasteiger partial charge is 0.319 e. The van der Waals surface area contributed by atoms with E-state index in [1.807, 2.05) is 0 Å². The topological polar surface area (TPSA) is 121 Å². The summed E-state index contributed by atoms with van der Waals surface area (Å²) in [7, 11) is 0. The Bertz CT molecular complexity index is 329. The summed E-state index contributed by atoms with van der Waals surface area (Å²) in [6, 6.07) is 0. The third kappa shape index (κ3) is 73.4. The molecule has 0 aromatic rings. The first-order valence-corrected chi connectivity index (χ1v) is 21.6. The second-order valence-electron chi connectivity index (χ2n) is 6.62. The molecule has 0 heterocycles. The average Bonchev–Trinajstić information content (AvgIpc) is 2.49. The first-order valence-electron chi connectivity index (χ1n) is 9.98. The van der Waals surface area contributed by atoms with Gasteiger partial charge in [0.25, 0.3) is 0 Å². The summed E-state index contributed by atoms with van der Waals surface area (Å²) < 4.78 is 3.42. The van der Waals surface area contributed by atoms with E-state index in [1.165, 1.54) is 64.2 Å². The SMILES string of the molecule is CCCCCCC[CH2][Ba][CH2]CCCCCCC.OP(O)(O)=S.OP(O)(O)=S. The van der Waals surface area contributed by atoms with E-state index in [0.717, 1.165) is 0 Å². The van der Waals surface area contributed by atoms with Crippen LogP contribution in [0, 0.1) is 0 Å². The van der Waals surface area contributed by atoms with Gasteiger partial charge < -0.3 is 29.4 Å². The van der Waals surface area contributed by atoms with Gasteiger partial charge in [-0.25, -0.2) is 0 Å². The number of rotatable bonds is 14. The van der Waals surface area contributed by atoms with Gasteiger partial charge in [0.2, 0.25) is 0 Å². The molecule has 0 aliphatic rings. The molecule has 6 nitrogen and oxygen atoms in total. The van der Waals surface area contributed by atoms with Crippen LogP contribution in [0.15, 0.2) is 0 Å². The summed E-state index contributed by atoms with van der Waals surface area (Å²) in [6.45, 7) is -3.00. The Morgan fingerprint density at radius 2 is 0.741 bits per heavy atom. The summed E-state index contributed by atoms with van der Waals surface area (Å²) in [5.74, 6) is 0. The van der Waals surface area contributed by atoms with Crippen molar-refractivity contribution in [1.29, 1.82) is 0 Å². The normalized spacial score (nSPS) is 11.0. The quantitative estimate of drug-likeness (QED) is 0.0983. The van der Waals surface area contributed by atoms with Crippen molar-refractivity contribution in [2.24, 2.45) is 0 Å². The van der Waals surface area contributed by atoms with Crippen LogP contribution in [0.2, 0.25) is 1.78 Å². The van der Waals surface area contributed by atoms with Gasteiger partial charge in [-0.1, -0.05) is 0 Å². The van der Waals surface area contributed by atoms with Crippen molar-refractivity contribution >= 4 is 81.2 Å². The van der Waals surface area contributed by atoms with Gasteiger partial charge in [-0.3, -0.25) is 0 Å². The van der Waals surface area contributed by atoms with Crippen LogP contribution in [0.5, 0.6) is 0 Å². The second kappa shape index (κ2) is 24.9. The van der Waals surface area contributed by atoms with Crippen LogP contribution >= 0.6 is 13.4 Å². The van der Waals surface area contributed by atoms with E-state index < -0.39 is 13.4 Å². The molecule has 0 aromatic heterocycles. The Balaban J connectivity index is -0.000000471. The Kier molecular flexibility index (Phi) is 31.6. The minimum atomic E-state index is -3.81. The van der Waals surface area contributed by atoms with Crippen LogP contribution in [-0.4, -0.2) is 73.5 Å². The molecule has 0 radical (unpaired) electrons. The van der Waals surface area contributed by atoms with Gasteiger partial charge in [0.15, 0.2) is 0 Å². The largest absolute Gasteiger partial charge is 0.325 e. The first kappa shape index (κ1) is 34.2. The Hall–Kier alpha value is 2.63. The van der Waals surface area contributed by atoms with Crippen molar-refractivity contribution in [2.75, 3.05) is 0 Å². The number of hydrogen-bond donors (Lipinski definition) is 6. The predicted molar refractivity (Wildman–Crippen MR) is 124 cm³/mol. The molecule has 0 fully saturated rings. The Morgan fingerprint density at radius 3 is 1.00 bits per heavy atom. The van der Waals surface area contributed by atoms with Gasteiger partial charge >= 0.3 is 150 Å². The molecule has 0 atom stereocenters. The van der Waals surface area contributed by atoms with E-state index >= 15 is 0 Å². The fourth-order valence-electron chi connectivity index (χ4n) is 2.44. The molecule has 0 spiro atoms. The van der Waals surface area contributed by atoms with E-state index in [1.54, 1.807) is 14.6 Å². The molecular formula is C16H40BaO6P2S2. The zero-order valence-electron chi connectivity index (χ0n) is 17.0. The Labute approximate surface area is 201 Å². The maximum Gasteiger partial charge on any atom is 0.319 e. The molecule has 0 aromatic carbocycles. The third-order valence-corrected chi connectivity index (χ3v) is 9.99. The molecule has 0 aliphatic carbocycles.